The van der Waals surface area contributed by atoms with Gasteiger partial charge in [-0.2, -0.15) is 0 Å². The van der Waals surface area contributed by atoms with Crippen molar-refractivity contribution in [3.63, 3.8) is 0 Å². The third-order valence-electron chi connectivity index (χ3n) is 3.88. The number of benzene rings is 2. The minimum Gasteiger partial charge on any atom is -0.497 e. The van der Waals surface area contributed by atoms with Crippen LogP contribution in [-0.4, -0.2) is 23.8 Å². The van der Waals surface area contributed by atoms with Gasteiger partial charge in [-0.15, -0.1) is 11.8 Å². The molecule has 0 aliphatic rings. The number of carbonyl (C=O) groups is 1. The van der Waals surface area contributed by atoms with E-state index in [4.69, 9.17) is 4.74 Å². The first kappa shape index (κ1) is 17.9. The van der Waals surface area contributed by atoms with E-state index in [2.05, 4.69) is 26.2 Å². The number of hydrogen-bond acceptors (Lipinski definition) is 3. The molecule has 0 fully saturated rings. The molecule has 1 aromatic heterocycles. The zero-order chi connectivity index (χ0) is 17.8. The number of thioether (sulfide) groups is 1. The van der Waals surface area contributed by atoms with Gasteiger partial charge < -0.3 is 15.0 Å². The van der Waals surface area contributed by atoms with Gasteiger partial charge in [-0.05, 0) is 42.8 Å². The summed E-state index contributed by atoms with van der Waals surface area (Å²) in [5.41, 5.74) is 3.19. The summed E-state index contributed by atoms with van der Waals surface area (Å²) in [5.74, 6) is 1.21. The number of amides is 1. The number of aromatic amines is 1. The van der Waals surface area contributed by atoms with Crippen LogP contribution in [0.3, 0.4) is 0 Å². The summed E-state index contributed by atoms with van der Waals surface area (Å²) in [5, 5.41) is 4.05. The lowest BCUT2D eigenvalue weighted by Gasteiger charge is -2.06. The number of aryl methyl sites for hydroxylation is 1. The van der Waals surface area contributed by atoms with Gasteiger partial charge in [-0.3, -0.25) is 4.79 Å². The van der Waals surface area contributed by atoms with Crippen LogP contribution >= 0.6 is 27.7 Å². The van der Waals surface area contributed by atoms with Crippen molar-refractivity contribution in [3.05, 3.63) is 58.2 Å². The van der Waals surface area contributed by atoms with E-state index in [1.165, 1.54) is 0 Å². The molecule has 4 nitrogen and oxygen atoms in total. The maximum Gasteiger partial charge on any atom is 0.230 e. The minimum absolute atomic E-state index is 0.0181. The lowest BCUT2D eigenvalue weighted by molar-refractivity contribution is -0.118. The number of methoxy groups -OCH3 is 1. The molecule has 0 unspecified atom stereocenters. The highest BCUT2D eigenvalue weighted by molar-refractivity contribution is 9.10. The minimum atomic E-state index is 0.0181. The fourth-order valence-electron chi connectivity index (χ4n) is 2.59. The molecule has 1 amide bonds. The van der Waals surface area contributed by atoms with Gasteiger partial charge in [0.05, 0.1) is 12.9 Å². The van der Waals surface area contributed by atoms with Crippen LogP contribution < -0.4 is 10.1 Å². The molecule has 0 spiro atoms. The molecule has 0 aliphatic carbocycles. The normalized spacial score (nSPS) is 10.8. The molecule has 3 rings (SSSR count). The standard InChI is InChI=1S/C19H19BrN2O2S/c1-12-19(16-9-15(24-2)7-8-17(16)22-12)25-11-18(23)21-10-13-3-5-14(20)6-4-13/h3-9,22H,10-11H2,1-2H3,(H,21,23). The predicted octanol–water partition coefficient (Wildman–Crippen LogP) is 4.66. The van der Waals surface area contributed by atoms with E-state index in [1.807, 2.05) is 49.4 Å². The second kappa shape index (κ2) is 7.97. The number of carbonyl (C=O) groups excluding carboxylic acids is 1. The van der Waals surface area contributed by atoms with Crippen molar-refractivity contribution in [2.24, 2.45) is 0 Å². The van der Waals surface area contributed by atoms with Crippen molar-refractivity contribution in [1.82, 2.24) is 10.3 Å². The first-order valence-electron chi connectivity index (χ1n) is 7.87. The Kier molecular flexibility index (Phi) is 5.71. The average Bonchev–Trinajstić information content (AvgIpc) is 2.93. The molecule has 0 aliphatic heterocycles. The van der Waals surface area contributed by atoms with Crippen molar-refractivity contribution < 1.29 is 9.53 Å². The highest BCUT2D eigenvalue weighted by atomic mass is 79.9. The first-order valence-corrected chi connectivity index (χ1v) is 9.65. The number of rotatable bonds is 6. The number of hydrogen-bond donors (Lipinski definition) is 2. The molecule has 130 valence electrons. The second-order valence-electron chi connectivity index (χ2n) is 5.68. The van der Waals surface area contributed by atoms with Crippen molar-refractivity contribution in [1.29, 1.82) is 0 Å². The Labute approximate surface area is 159 Å². The molecular formula is C19H19BrN2O2S. The van der Waals surface area contributed by atoms with Crippen LogP contribution in [0.1, 0.15) is 11.3 Å². The molecule has 0 saturated heterocycles. The zero-order valence-electron chi connectivity index (χ0n) is 14.1. The summed E-state index contributed by atoms with van der Waals surface area (Å²) in [4.78, 5) is 16.6. The van der Waals surface area contributed by atoms with Crippen LogP contribution in [0.5, 0.6) is 5.75 Å². The summed E-state index contributed by atoms with van der Waals surface area (Å²) in [6, 6.07) is 13.9. The molecule has 0 atom stereocenters. The van der Waals surface area contributed by atoms with E-state index >= 15 is 0 Å². The number of ether oxygens (including phenoxy) is 1. The SMILES string of the molecule is COc1ccc2[nH]c(C)c(SCC(=O)NCc3ccc(Br)cc3)c2c1. The number of H-pyrrole nitrogens is 1. The van der Waals surface area contributed by atoms with Crippen molar-refractivity contribution in [3.8, 4) is 5.75 Å². The molecule has 6 heteroatoms. The number of halogens is 1. The topological polar surface area (TPSA) is 54.1 Å². The lowest BCUT2D eigenvalue weighted by Crippen LogP contribution is -2.24. The van der Waals surface area contributed by atoms with Crippen LogP contribution in [0.2, 0.25) is 0 Å². The molecule has 25 heavy (non-hydrogen) atoms. The third-order valence-corrected chi connectivity index (χ3v) is 5.63. The Morgan fingerprint density at radius 2 is 2.00 bits per heavy atom. The van der Waals surface area contributed by atoms with Crippen molar-refractivity contribution in [2.75, 3.05) is 12.9 Å². The van der Waals surface area contributed by atoms with E-state index in [1.54, 1.807) is 18.9 Å². The Morgan fingerprint density at radius 1 is 1.24 bits per heavy atom. The summed E-state index contributed by atoms with van der Waals surface area (Å²) < 4.78 is 6.33. The number of fused-ring (bicyclic) bond motifs is 1. The smallest absolute Gasteiger partial charge is 0.230 e. The zero-order valence-corrected chi connectivity index (χ0v) is 16.5. The van der Waals surface area contributed by atoms with Gasteiger partial charge in [0.1, 0.15) is 5.75 Å². The molecule has 0 radical (unpaired) electrons. The second-order valence-corrected chi connectivity index (χ2v) is 7.58. The molecule has 1 heterocycles. The Morgan fingerprint density at radius 3 is 2.72 bits per heavy atom. The third kappa shape index (κ3) is 4.38. The largest absolute Gasteiger partial charge is 0.497 e. The first-order chi connectivity index (χ1) is 12.1. The lowest BCUT2D eigenvalue weighted by atomic mass is 10.2. The van der Waals surface area contributed by atoms with Crippen LogP contribution in [0, 0.1) is 6.92 Å². The fourth-order valence-corrected chi connectivity index (χ4v) is 3.82. The van der Waals surface area contributed by atoms with Gasteiger partial charge in [0.2, 0.25) is 5.91 Å². The highest BCUT2D eigenvalue weighted by Gasteiger charge is 2.12. The number of aromatic nitrogens is 1. The Bertz CT molecular complexity index is 890. The van der Waals surface area contributed by atoms with Gasteiger partial charge in [0.15, 0.2) is 0 Å². The van der Waals surface area contributed by atoms with Gasteiger partial charge in [-0.25, -0.2) is 0 Å². The van der Waals surface area contributed by atoms with E-state index in [-0.39, 0.29) is 5.91 Å². The van der Waals surface area contributed by atoms with Crippen LogP contribution in [0.25, 0.3) is 10.9 Å². The average molecular weight is 419 g/mol. The molecule has 2 aromatic carbocycles. The molecule has 2 N–H and O–H groups in total. The summed E-state index contributed by atoms with van der Waals surface area (Å²) in [6.45, 7) is 2.56. The van der Waals surface area contributed by atoms with Gasteiger partial charge in [0, 0.05) is 32.5 Å². The molecule has 0 saturated carbocycles. The van der Waals surface area contributed by atoms with E-state index in [0.29, 0.717) is 12.3 Å². The van der Waals surface area contributed by atoms with Crippen LogP contribution in [0.15, 0.2) is 51.8 Å². The summed E-state index contributed by atoms with van der Waals surface area (Å²) >= 11 is 4.95. The molecular weight excluding hydrogens is 400 g/mol. The number of nitrogens with one attached hydrogen (secondary N) is 2. The maximum atomic E-state index is 12.2. The van der Waals surface area contributed by atoms with Gasteiger partial charge >= 0.3 is 0 Å². The van der Waals surface area contributed by atoms with E-state index in [0.717, 1.165) is 37.3 Å². The Hall–Kier alpha value is -1.92. The van der Waals surface area contributed by atoms with Gasteiger partial charge in [0.25, 0.3) is 0 Å². The quantitative estimate of drug-likeness (QED) is 0.572. The van der Waals surface area contributed by atoms with Crippen molar-refractivity contribution in [2.45, 2.75) is 18.4 Å². The van der Waals surface area contributed by atoms with E-state index < -0.39 is 0 Å². The van der Waals surface area contributed by atoms with Crippen LogP contribution in [0.4, 0.5) is 0 Å². The van der Waals surface area contributed by atoms with E-state index in [9.17, 15) is 4.79 Å². The molecule has 0 bridgehead atoms. The fraction of sp³-hybridized carbons (Fsp3) is 0.211. The maximum absolute atomic E-state index is 12.2. The van der Waals surface area contributed by atoms with Crippen LogP contribution in [-0.2, 0) is 11.3 Å². The Balaban J connectivity index is 1.62. The highest BCUT2D eigenvalue weighted by Crippen LogP contribution is 2.33. The monoisotopic (exact) mass is 418 g/mol. The predicted molar refractivity (Wildman–Crippen MR) is 106 cm³/mol. The summed E-state index contributed by atoms with van der Waals surface area (Å²) in [6.07, 6.45) is 0. The molecule has 3 aromatic rings. The van der Waals surface area contributed by atoms with Crippen molar-refractivity contribution >= 4 is 44.5 Å². The van der Waals surface area contributed by atoms with Gasteiger partial charge in [-0.1, -0.05) is 28.1 Å². The summed E-state index contributed by atoms with van der Waals surface area (Å²) in [7, 11) is 1.66.